The van der Waals surface area contributed by atoms with Gasteiger partial charge in [-0.1, -0.05) is 17.7 Å². The average molecular weight is 400 g/mol. The van der Waals surface area contributed by atoms with Crippen LogP contribution in [0.2, 0.25) is 0 Å². The summed E-state index contributed by atoms with van der Waals surface area (Å²) in [4.78, 5) is 27.4. The van der Waals surface area contributed by atoms with Crippen molar-refractivity contribution in [2.75, 3.05) is 38.7 Å². The Morgan fingerprint density at radius 3 is 2.81 bits per heavy atom. The first-order valence-electron chi connectivity index (χ1n) is 8.85. The van der Waals surface area contributed by atoms with Gasteiger partial charge in [0.25, 0.3) is 5.91 Å². The van der Waals surface area contributed by atoms with E-state index in [-0.39, 0.29) is 24.2 Å². The molecule has 0 saturated carbocycles. The minimum atomic E-state index is -0.450. The molecule has 1 aromatic carbocycles. The summed E-state index contributed by atoms with van der Waals surface area (Å²) in [5.41, 5.74) is 1.64. The zero-order valence-corrected chi connectivity index (χ0v) is 17.4. The van der Waals surface area contributed by atoms with Crippen molar-refractivity contribution < 1.29 is 9.59 Å². The third-order valence-corrected chi connectivity index (χ3v) is 5.23. The summed E-state index contributed by atoms with van der Waals surface area (Å²) >= 11 is 1.69. The number of likely N-dealkylation sites (tertiary alicyclic amines) is 1. The fourth-order valence-corrected chi connectivity index (χ4v) is 3.70. The standard InChI is InChI=1S/C19H29N3O2S.ClH/c1-14-5-4-6-16(11-14)18(23)21-17(8-10-25-3)19(24)22-9-7-15(13-22)12-20-2;/h4-6,11,15,17,20H,7-10,12-13H2,1-3H3,(H,21,23);1H. The fourth-order valence-electron chi connectivity index (χ4n) is 3.23. The molecule has 7 heteroatoms. The van der Waals surface area contributed by atoms with Gasteiger partial charge in [-0.3, -0.25) is 9.59 Å². The van der Waals surface area contributed by atoms with Crippen LogP contribution in [0.15, 0.2) is 24.3 Å². The number of amides is 2. The van der Waals surface area contributed by atoms with E-state index in [1.54, 1.807) is 17.8 Å². The first-order chi connectivity index (χ1) is 12.0. The molecule has 1 saturated heterocycles. The molecule has 2 unspecified atom stereocenters. The number of hydrogen-bond donors (Lipinski definition) is 2. The van der Waals surface area contributed by atoms with E-state index in [1.807, 2.05) is 43.3 Å². The van der Waals surface area contributed by atoms with Crippen molar-refractivity contribution in [3.8, 4) is 0 Å². The second kappa shape index (κ2) is 11.5. The van der Waals surface area contributed by atoms with Gasteiger partial charge < -0.3 is 15.5 Å². The van der Waals surface area contributed by atoms with Crippen LogP contribution < -0.4 is 10.6 Å². The maximum Gasteiger partial charge on any atom is 0.251 e. The molecule has 1 aromatic rings. The van der Waals surface area contributed by atoms with E-state index in [1.165, 1.54) is 0 Å². The zero-order chi connectivity index (χ0) is 18.2. The third-order valence-electron chi connectivity index (χ3n) is 4.58. The number of carbonyl (C=O) groups is 2. The summed E-state index contributed by atoms with van der Waals surface area (Å²) in [6.45, 7) is 4.44. The Labute approximate surface area is 167 Å². The quantitative estimate of drug-likeness (QED) is 0.704. The number of thioether (sulfide) groups is 1. The molecule has 5 nitrogen and oxygen atoms in total. The third kappa shape index (κ3) is 6.49. The molecule has 2 rings (SSSR count). The van der Waals surface area contributed by atoms with E-state index in [0.29, 0.717) is 17.9 Å². The first-order valence-corrected chi connectivity index (χ1v) is 10.2. The van der Waals surface area contributed by atoms with Crippen LogP contribution in [0.3, 0.4) is 0 Å². The van der Waals surface area contributed by atoms with Gasteiger partial charge in [0.2, 0.25) is 5.91 Å². The van der Waals surface area contributed by atoms with Crippen LogP contribution in [0, 0.1) is 12.8 Å². The second-order valence-electron chi connectivity index (χ2n) is 6.67. The van der Waals surface area contributed by atoms with Crippen LogP contribution in [0.5, 0.6) is 0 Å². The van der Waals surface area contributed by atoms with Crippen LogP contribution in [0.25, 0.3) is 0 Å². The van der Waals surface area contributed by atoms with Gasteiger partial charge in [-0.05, 0) is 63.4 Å². The number of nitrogens with one attached hydrogen (secondary N) is 2. The Kier molecular flexibility index (Phi) is 10.1. The molecule has 2 atom stereocenters. The van der Waals surface area contributed by atoms with Gasteiger partial charge in [0.05, 0.1) is 0 Å². The smallest absolute Gasteiger partial charge is 0.251 e. The lowest BCUT2D eigenvalue weighted by Gasteiger charge is -2.24. The second-order valence-corrected chi connectivity index (χ2v) is 7.66. The van der Waals surface area contributed by atoms with Gasteiger partial charge in [-0.15, -0.1) is 12.4 Å². The molecule has 26 heavy (non-hydrogen) atoms. The number of nitrogens with zero attached hydrogens (tertiary/aromatic N) is 1. The van der Waals surface area contributed by atoms with Crippen molar-refractivity contribution in [1.29, 1.82) is 0 Å². The van der Waals surface area contributed by atoms with Crippen molar-refractivity contribution in [1.82, 2.24) is 15.5 Å². The highest BCUT2D eigenvalue weighted by molar-refractivity contribution is 7.98. The van der Waals surface area contributed by atoms with Crippen LogP contribution in [0.1, 0.15) is 28.8 Å². The van der Waals surface area contributed by atoms with Crippen molar-refractivity contribution in [2.45, 2.75) is 25.8 Å². The lowest BCUT2D eigenvalue weighted by Crippen LogP contribution is -2.48. The normalized spacial score (nSPS) is 17.5. The summed E-state index contributed by atoms with van der Waals surface area (Å²) in [6, 6.07) is 7.01. The molecule has 0 aromatic heterocycles. The Balaban J connectivity index is 0.00000338. The summed E-state index contributed by atoms with van der Waals surface area (Å²) in [7, 11) is 1.94. The fraction of sp³-hybridized carbons (Fsp3) is 0.579. The largest absolute Gasteiger partial charge is 0.341 e. The lowest BCUT2D eigenvalue weighted by atomic mass is 10.1. The van der Waals surface area contributed by atoms with E-state index < -0.39 is 6.04 Å². The minimum Gasteiger partial charge on any atom is -0.341 e. The predicted molar refractivity (Wildman–Crippen MR) is 111 cm³/mol. The summed E-state index contributed by atoms with van der Waals surface area (Å²) in [5, 5.41) is 6.14. The van der Waals surface area contributed by atoms with Crippen molar-refractivity contribution >= 4 is 36.0 Å². The van der Waals surface area contributed by atoms with Gasteiger partial charge >= 0.3 is 0 Å². The molecule has 2 amide bonds. The number of halogens is 1. The first kappa shape index (κ1) is 22.8. The summed E-state index contributed by atoms with van der Waals surface area (Å²) in [6.07, 6.45) is 3.70. The maximum atomic E-state index is 12.9. The molecule has 1 heterocycles. The van der Waals surface area contributed by atoms with Gasteiger partial charge in [0.1, 0.15) is 6.04 Å². The SMILES string of the molecule is CNCC1CCN(C(=O)C(CCSC)NC(=O)c2cccc(C)c2)C1.Cl. The van der Waals surface area contributed by atoms with Crippen molar-refractivity contribution in [2.24, 2.45) is 5.92 Å². The number of carbonyl (C=O) groups excluding carboxylic acids is 2. The van der Waals surface area contributed by atoms with Gasteiger partial charge in [-0.25, -0.2) is 0 Å². The number of hydrogen-bond acceptors (Lipinski definition) is 4. The van der Waals surface area contributed by atoms with E-state index in [9.17, 15) is 9.59 Å². The number of rotatable bonds is 8. The van der Waals surface area contributed by atoms with Crippen LogP contribution in [-0.4, -0.2) is 61.4 Å². The molecular formula is C19H30ClN3O2S. The van der Waals surface area contributed by atoms with Gasteiger partial charge in [-0.2, -0.15) is 11.8 Å². The van der Waals surface area contributed by atoms with Gasteiger partial charge in [0.15, 0.2) is 0 Å². The van der Waals surface area contributed by atoms with E-state index in [2.05, 4.69) is 10.6 Å². The zero-order valence-electron chi connectivity index (χ0n) is 15.8. The molecule has 0 aliphatic carbocycles. The predicted octanol–water partition coefficient (Wildman–Crippen LogP) is 2.34. The van der Waals surface area contributed by atoms with Crippen LogP contribution in [0.4, 0.5) is 0 Å². The molecule has 1 aliphatic rings. The van der Waals surface area contributed by atoms with Crippen LogP contribution in [-0.2, 0) is 4.79 Å². The molecule has 1 fully saturated rings. The molecular weight excluding hydrogens is 370 g/mol. The highest BCUT2D eigenvalue weighted by atomic mass is 35.5. The van der Waals surface area contributed by atoms with E-state index in [0.717, 1.165) is 37.4 Å². The Morgan fingerprint density at radius 2 is 2.15 bits per heavy atom. The molecule has 0 spiro atoms. The Bertz CT molecular complexity index is 600. The lowest BCUT2D eigenvalue weighted by molar-refractivity contribution is -0.132. The average Bonchev–Trinajstić information content (AvgIpc) is 3.06. The molecule has 146 valence electrons. The van der Waals surface area contributed by atoms with Crippen molar-refractivity contribution in [3.63, 3.8) is 0 Å². The van der Waals surface area contributed by atoms with Crippen molar-refractivity contribution in [3.05, 3.63) is 35.4 Å². The van der Waals surface area contributed by atoms with Crippen LogP contribution >= 0.6 is 24.2 Å². The topological polar surface area (TPSA) is 61.4 Å². The molecule has 0 bridgehead atoms. The highest BCUT2D eigenvalue weighted by Gasteiger charge is 2.31. The maximum absolute atomic E-state index is 12.9. The minimum absolute atomic E-state index is 0. The number of aryl methyl sites for hydroxylation is 1. The number of benzene rings is 1. The summed E-state index contributed by atoms with van der Waals surface area (Å²) in [5.74, 6) is 1.23. The monoisotopic (exact) mass is 399 g/mol. The molecule has 2 N–H and O–H groups in total. The molecule has 0 radical (unpaired) electrons. The van der Waals surface area contributed by atoms with E-state index >= 15 is 0 Å². The molecule has 1 aliphatic heterocycles. The Morgan fingerprint density at radius 1 is 1.38 bits per heavy atom. The summed E-state index contributed by atoms with van der Waals surface area (Å²) < 4.78 is 0. The highest BCUT2D eigenvalue weighted by Crippen LogP contribution is 2.18. The van der Waals surface area contributed by atoms with E-state index in [4.69, 9.17) is 0 Å². The Hall–Kier alpha value is -1.24. The van der Waals surface area contributed by atoms with Gasteiger partial charge in [0, 0.05) is 18.7 Å².